The first-order valence-electron chi connectivity index (χ1n) is 12.0. The highest BCUT2D eigenvalue weighted by atomic mass is 35.5. The Balaban J connectivity index is 1.42. The number of hydrogen-bond acceptors (Lipinski definition) is 7. The summed E-state index contributed by atoms with van der Waals surface area (Å²) in [6, 6.07) is 10.0. The molecule has 0 bridgehead atoms. The van der Waals surface area contributed by atoms with Crippen LogP contribution in [0.15, 0.2) is 55.0 Å². The number of amides is 3. The predicted octanol–water partition coefficient (Wildman–Crippen LogP) is 3.42. The molecule has 1 atom stereocenters. The maximum atomic E-state index is 14.3. The van der Waals surface area contributed by atoms with Gasteiger partial charge in [-0.15, -0.1) is 0 Å². The summed E-state index contributed by atoms with van der Waals surface area (Å²) < 4.78 is 22.5. The molecule has 3 amide bonds. The Kier molecular flexibility index (Phi) is 6.52. The molecule has 0 spiro atoms. The zero-order valence-corrected chi connectivity index (χ0v) is 22.4. The maximum absolute atomic E-state index is 14.3. The molecule has 1 aliphatic heterocycles. The van der Waals surface area contributed by atoms with Crippen molar-refractivity contribution in [3.8, 4) is 0 Å². The number of aryl methyl sites for hydroxylation is 1. The van der Waals surface area contributed by atoms with Gasteiger partial charge in [0, 0.05) is 29.2 Å². The van der Waals surface area contributed by atoms with E-state index in [1.54, 1.807) is 36.3 Å². The van der Waals surface area contributed by atoms with Crippen LogP contribution in [-0.2, 0) is 24.9 Å². The number of benzene rings is 2. The Morgan fingerprint density at radius 3 is 2.85 bits per heavy atom. The van der Waals surface area contributed by atoms with Crippen molar-refractivity contribution in [2.45, 2.75) is 19.1 Å². The molecule has 0 aliphatic carbocycles. The van der Waals surface area contributed by atoms with Crippen molar-refractivity contribution < 1.29 is 18.8 Å². The van der Waals surface area contributed by atoms with Crippen molar-refractivity contribution in [2.24, 2.45) is 7.05 Å². The molecule has 14 heteroatoms. The van der Waals surface area contributed by atoms with E-state index in [4.69, 9.17) is 11.6 Å². The topological polar surface area (TPSA) is 136 Å². The van der Waals surface area contributed by atoms with Crippen LogP contribution in [0.3, 0.4) is 0 Å². The first kappa shape index (κ1) is 25.6. The molecule has 202 valence electrons. The smallest absolute Gasteiger partial charge is 0.287 e. The van der Waals surface area contributed by atoms with Gasteiger partial charge in [0.05, 0.1) is 35.0 Å². The molecule has 0 radical (unpaired) electrons. The SMILES string of the molecule is Cn1cnc(CNC(=O)c2nc(NC(=O)c3nsc4ccccc34)c3n2CC(=O)N[C@@H]3c2cc(F)ccc2Cl)c1. The van der Waals surface area contributed by atoms with Gasteiger partial charge in [-0.2, -0.15) is 4.37 Å². The van der Waals surface area contributed by atoms with E-state index in [1.165, 1.54) is 34.3 Å². The van der Waals surface area contributed by atoms with Crippen LogP contribution in [0.25, 0.3) is 10.1 Å². The largest absolute Gasteiger partial charge is 0.344 e. The van der Waals surface area contributed by atoms with Gasteiger partial charge < -0.3 is 25.1 Å². The third-order valence-corrected chi connectivity index (χ3v) is 7.54. The second kappa shape index (κ2) is 10.2. The molecule has 6 rings (SSSR count). The van der Waals surface area contributed by atoms with Gasteiger partial charge in [-0.3, -0.25) is 14.4 Å². The molecule has 4 heterocycles. The Morgan fingerprint density at radius 2 is 2.05 bits per heavy atom. The molecule has 1 aliphatic rings. The summed E-state index contributed by atoms with van der Waals surface area (Å²) in [5.41, 5.74) is 1.31. The maximum Gasteiger partial charge on any atom is 0.287 e. The first-order valence-corrected chi connectivity index (χ1v) is 13.2. The summed E-state index contributed by atoms with van der Waals surface area (Å²) in [6.07, 6.45) is 3.35. The lowest BCUT2D eigenvalue weighted by Crippen LogP contribution is -2.41. The lowest BCUT2D eigenvalue weighted by molar-refractivity contribution is -0.123. The third-order valence-electron chi connectivity index (χ3n) is 6.37. The summed E-state index contributed by atoms with van der Waals surface area (Å²) in [7, 11) is 1.81. The van der Waals surface area contributed by atoms with E-state index < -0.39 is 29.6 Å². The minimum atomic E-state index is -1.00. The zero-order valence-electron chi connectivity index (χ0n) is 20.8. The number of carbonyl (C=O) groups excluding carboxylic acids is 3. The molecule has 3 N–H and O–H groups in total. The van der Waals surface area contributed by atoms with Crippen molar-refractivity contribution in [1.29, 1.82) is 0 Å². The van der Waals surface area contributed by atoms with E-state index in [0.717, 1.165) is 4.70 Å². The minimum absolute atomic E-state index is 0.00963. The summed E-state index contributed by atoms with van der Waals surface area (Å²) in [6.45, 7) is -0.146. The van der Waals surface area contributed by atoms with E-state index >= 15 is 0 Å². The van der Waals surface area contributed by atoms with Crippen LogP contribution in [0.2, 0.25) is 5.02 Å². The molecule has 0 saturated heterocycles. The molecule has 0 saturated carbocycles. The Labute approximate surface area is 235 Å². The number of halogens is 2. The number of rotatable bonds is 6. The van der Waals surface area contributed by atoms with Crippen LogP contribution in [0, 0.1) is 5.82 Å². The second-order valence-corrected chi connectivity index (χ2v) is 10.3. The molecule has 5 aromatic rings. The number of nitrogens with one attached hydrogen (secondary N) is 3. The molecule has 11 nitrogen and oxygen atoms in total. The summed E-state index contributed by atoms with van der Waals surface area (Å²) in [5, 5.41) is 9.13. The highest BCUT2D eigenvalue weighted by Crippen LogP contribution is 2.36. The van der Waals surface area contributed by atoms with E-state index in [2.05, 4.69) is 30.3 Å². The van der Waals surface area contributed by atoms with Gasteiger partial charge in [-0.1, -0.05) is 29.8 Å². The fourth-order valence-electron chi connectivity index (χ4n) is 4.59. The quantitative estimate of drug-likeness (QED) is 0.282. The van der Waals surface area contributed by atoms with Crippen LogP contribution in [0.4, 0.5) is 10.2 Å². The number of fused-ring (bicyclic) bond motifs is 2. The van der Waals surface area contributed by atoms with Gasteiger partial charge in [-0.25, -0.2) is 14.4 Å². The van der Waals surface area contributed by atoms with Crippen molar-refractivity contribution in [3.63, 3.8) is 0 Å². The van der Waals surface area contributed by atoms with Gasteiger partial charge in [0.1, 0.15) is 18.1 Å². The van der Waals surface area contributed by atoms with E-state index in [0.29, 0.717) is 11.1 Å². The fourth-order valence-corrected chi connectivity index (χ4v) is 5.59. The Morgan fingerprint density at radius 1 is 1.23 bits per heavy atom. The predicted molar refractivity (Wildman–Crippen MR) is 146 cm³/mol. The fraction of sp³-hybridized carbons (Fsp3) is 0.154. The molecular formula is C26H20ClFN8O3S. The normalized spacial score (nSPS) is 14.6. The molecule has 0 unspecified atom stereocenters. The number of aromatic nitrogens is 5. The minimum Gasteiger partial charge on any atom is -0.344 e. The van der Waals surface area contributed by atoms with E-state index in [-0.39, 0.29) is 46.7 Å². The third kappa shape index (κ3) is 4.69. The van der Waals surface area contributed by atoms with E-state index in [9.17, 15) is 18.8 Å². The lowest BCUT2D eigenvalue weighted by Gasteiger charge is -2.28. The van der Waals surface area contributed by atoms with Gasteiger partial charge >= 0.3 is 0 Å². The van der Waals surface area contributed by atoms with Gasteiger partial charge in [0.2, 0.25) is 11.7 Å². The number of hydrogen-bond donors (Lipinski definition) is 3. The number of imidazole rings is 2. The average Bonchev–Trinajstić information content (AvgIpc) is 3.65. The Bertz CT molecular complexity index is 1810. The van der Waals surface area contributed by atoms with Gasteiger partial charge in [-0.05, 0) is 35.8 Å². The van der Waals surface area contributed by atoms with Crippen LogP contribution in [0.1, 0.15) is 44.1 Å². The van der Waals surface area contributed by atoms with Crippen LogP contribution in [-0.4, -0.2) is 41.2 Å². The Hall–Kier alpha value is -4.62. The molecule has 40 heavy (non-hydrogen) atoms. The molecule has 3 aromatic heterocycles. The highest BCUT2D eigenvalue weighted by Gasteiger charge is 2.36. The molecule has 2 aromatic carbocycles. The van der Waals surface area contributed by atoms with E-state index in [1.807, 2.05) is 12.1 Å². The number of anilines is 1. The second-order valence-electron chi connectivity index (χ2n) is 9.12. The molecular weight excluding hydrogens is 559 g/mol. The number of nitrogens with zero attached hydrogens (tertiary/aromatic N) is 5. The van der Waals surface area contributed by atoms with Crippen LogP contribution in [0.5, 0.6) is 0 Å². The van der Waals surface area contributed by atoms with Gasteiger partial charge in [0.25, 0.3) is 11.8 Å². The first-order chi connectivity index (χ1) is 19.3. The lowest BCUT2D eigenvalue weighted by atomic mass is 10.0. The zero-order chi connectivity index (χ0) is 28.0. The van der Waals surface area contributed by atoms with Crippen LogP contribution >= 0.6 is 23.1 Å². The molecule has 0 fully saturated rings. The van der Waals surface area contributed by atoms with Crippen molar-refractivity contribution in [2.75, 3.05) is 5.32 Å². The number of carbonyl (C=O) groups is 3. The summed E-state index contributed by atoms with van der Waals surface area (Å²) >= 11 is 7.58. The van der Waals surface area contributed by atoms with Gasteiger partial charge in [0.15, 0.2) is 5.82 Å². The average molecular weight is 579 g/mol. The summed E-state index contributed by atoms with van der Waals surface area (Å²) in [5.74, 6) is -2.27. The monoisotopic (exact) mass is 578 g/mol. The highest BCUT2D eigenvalue weighted by molar-refractivity contribution is 7.13. The van der Waals surface area contributed by atoms with Crippen molar-refractivity contribution in [1.82, 2.24) is 34.1 Å². The van der Waals surface area contributed by atoms with Crippen LogP contribution < -0.4 is 16.0 Å². The summed E-state index contributed by atoms with van der Waals surface area (Å²) in [4.78, 5) is 48.1. The van der Waals surface area contributed by atoms with Crippen molar-refractivity contribution in [3.05, 3.63) is 94.3 Å². The standard InChI is InChI=1S/C26H20ClFN8O3S/c1-35-10-14(30-12-35)9-29-26(39)24-32-23(33-25(38)21-15-4-2-3-5-18(15)40-34-21)22-20(31-19(37)11-36(22)24)16-8-13(28)6-7-17(16)27/h2-8,10,12,20H,9,11H2,1H3,(H,29,39)(H,31,37)(H,33,38)/t20-/m1/s1. The van der Waals surface area contributed by atoms with Crippen molar-refractivity contribution >= 4 is 56.8 Å².